The van der Waals surface area contributed by atoms with Crippen molar-refractivity contribution in [3.63, 3.8) is 0 Å². The van der Waals surface area contributed by atoms with Gasteiger partial charge >= 0.3 is 0 Å². The van der Waals surface area contributed by atoms with Crippen LogP contribution in [-0.4, -0.2) is 224 Å². The Bertz CT molecular complexity index is 7160. The molecule has 3 saturated heterocycles. The van der Waals surface area contributed by atoms with E-state index >= 15 is 0 Å². The summed E-state index contributed by atoms with van der Waals surface area (Å²) in [5.41, 5.74) is 21.2. The van der Waals surface area contributed by atoms with Gasteiger partial charge in [0.05, 0.1) is 106 Å². The second-order valence-electron chi connectivity index (χ2n) is 36.8. The van der Waals surface area contributed by atoms with E-state index in [9.17, 15) is 15.0 Å². The zero-order valence-electron chi connectivity index (χ0n) is 79.8. The highest BCUT2D eigenvalue weighted by Gasteiger charge is 2.32. The molecule has 720 valence electrons. The molecule has 0 atom stereocenters. The predicted octanol–water partition coefficient (Wildman–Crippen LogP) is 16.4. The van der Waals surface area contributed by atoms with E-state index in [4.69, 9.17) is 57.8 Å². The molecule has 35 heteroatoms. The van der Waals surface area contributed by atoms with E-state index in [-0.39, 0.29) is 17.9 Å². The molecule has 7 aliphatic rings. The minimum absolute atomic E-state index is 0.0952. The number of nitrogens with one attached hydrogen (secondary N) is 4. The van der Waals surface area contributed by atoms with Gasteiger partial charge in [0.1, 0.15) is 17.2 Å². The van der Waals surface area contributed by atoms with Crippen LogP contribution in [0.2, 0.25) is 0 Å². The van der Waals surface area contributed by atoms with Crippen molar-refractivity contribution in [2.75, 3.05) is 150 Å². The number of anilines is 11. The number of hydrogen-bond donors (Lipinski definition) is 6. The lowest BCUT2D eigenvalue weighted by Gasteiger charge is -2.37. The summed E-state index contributed by atoms with van der Waals surface area (Å²) in [6, 6.07) is 34.8. The first kappa shape index (κ1) is 92.2. The first-order chi connectivity index (χ1) is 68.3. The monoisotopic (exact) mass is 1890 g/mol. The number of hydrogen-bond acceptors (Lipinski definition) is 30. The van der Waals surface area contributed by atoms with Gasteiger partial charge in [-0.2, -0.15) is 0 Å². The van der Waals surface area contributed by atoms with E-state index < -0.39 is 5.60 Å². The number of carbonyl (C=O) groups is 1. The highest BCUT2D eigenvalue weighted by atomic mass is 16.5. The van der Waals surface area contributed by atoms with Gasteiger partial charge in [-0.05, 0) is 162 Å². The number of rotatable bonds is 21. The Labute approximate surface area is 810 Å². The number of aryl methyl sites for hydroxylation is 4. The fourth-order valence-electron chi connectivity index (χ4n) is 18.6. The van der Waals surface area contributed by atoms with Crippen LogP contribution in [0.1, 0.15) is 107 Å². The maximum atomic E-state index is 11.7. The third-order valence-corrected chi connectivity index (χ3v) is 26.7. The molecule has 7 aliphatic heterocycles. The molecule has 4 aromatic carbocycles. The Morgan fingerprint density at radius 1 is 0.421 bits per heavy atom. The van der Waals surface area contributed by atoms with Gasteiger partial charge in [0.25, 0.3) is 0 Å². The van der Waals surface area contributed by atoms with E-state index in [0.29, 0.717) is 61.6 Å². The second kappa shape index (κ2) is 40.7. The molecule has 23 rings (SSSR count). The molecule has 0 spiro atoms. The number of aliphatic hydroxyl groups excluding tert-OH is 1. The van der Waals surface area contributed by atoms with E-state index in [2.05, 4.69) is 118 Å². The number of piperidine rings is 2. The van der Waals surface area contributed by atoms with Gasteiger partial charge in [-0.1, -0.05) is 26.0 Å². The highest BCUT2D eigenvalue weighted by Crippen LogP contribution is 2.42. The van der Waals surface area contributed by atoms with Gasteiger partial charge < -0.3 is 107 Å². The average Bonchev–Trinajstić information content (AvgIpc) is 1.59. The number of piperazine rings is 1. The lowest BCUT2D eigenvalue weighted by atomic mass is 9.85. The van der Waals surface area contributed by atoms with Crippen LogP contribution in [0.3, 0.4) is 0 Å². The van der Waals surface area contributed by atoms with Crippen molar-refractivity contribution in [3.8, 4) is 85.8 Å². The van der Waals surface area contributed by atoms with Crippen LogP contribution in [0.5, 0.6) is 40.8 Å². The SMILES string of the molecule is CC(C)(CO)c1ccc(Nc2nc(-c3cnc4c(c3)CCCO4)cn3ccnc23)cc1.COc1cc(Nc2nc(-c3cnc4c(c3)CCCO4)cn3ccnc23)ccc1N1CCC(C)(O)CC1.COc1cc(Nc2nc(-c3cnc4c(c3)CCCO4)cn3ccnc23)ccc1N1CCC(OC)CC1.COc1cc(Nc2nc(-c3cnc4c(c3)CCCO4)cn3ccnc23)ccc1N1CCN(C(C)=O)CC1. The summed E-state index contributed by atoms with van der Waals surface area (Å²) in [7, 11) is 6.86. The van der Waals surface area contributed by atoms with Crippen LogP contribution in [0.25, 0.3) is 67.6 Å². The van der Waals surface area contributed by atoms with E-state index in [0.717, 1.165) is 300 Å². The fourth-order valence-corrected chi connectivity index (χ4v) is 18.6. The lowest BCUT2D eigenvalue weighted by Crippen LogP contribution is -2.48. The summed E-state index contributed by atoms with van der Waals surface area (Å²) in [6.45, 7) is 16.9. The number of carbonyl (C=O) groups excluding carboxylic acids is 1. The standard InChI is InChI=1S/C27H29N7O3.2C27H30N6O3.C24H25N5O2/c1-18(35)32-9-11-33(12-10-32)23-6-5-21(15-24(23)36-2)30-25-26-28-7-8-34(26)17-22(31-25)20-14-19-4-3-13-37-27(19)29-16-20;1-27(34)7-10-32(11-8-27)22-6-5-20(15-23(22)35-2)30-24-25-28-9-12-33(25)17-21(31-24)19-14-18-4-3-13-36-26(18)29-16-19;1-34-21-7-10-32(11-8-21)23-6-5-20(15-24(23)35-2)30-25-26-28-9-12-33(26)17-22(31-25)19-14-18-4-3-13-36-27(18)29-16-19;1-24(2,15-30)18-5-7-19(8-6-18)27-21-22-25-9-10-29(22)14-20(28-21)17-12-16-4-3-11-31-23(16)26-13-17/h5-8,14-17H,3-4,9-13H2,1-2H3,(H,30,31);5-6,9,12,14-17,34H,3-4,7-8,10-11,13H2,1-2H3,(H,30,31);5-6,9,12,14-17,21H,3-4,7-8,10-11,13H2,1-2H3,(H,30,31);5-10,12-14,30H,3-4,11,15H2,1-2H3,(H,27,28). The minimum Gasteiger partial charge on any atom is -0.495 e. The van der Waals surface area contributed by atoms with Crippen molar-refractivity contribution >= 4 is 91.6 Å². The Balaban J connectivity index is 0.000000115. The largest absolute Gasteiger partial charge is 0.495 e. The molecule has 3 fully saturated rings. The van der Waals surface area contributed by atoms with Crippen LogP contribution in [0.15, 0.2) is 202 Å². The average molecular weight is 1890 g/mol. The number of pyridine rings is 4. The van der Waals surface area contributed by atoms with Gasteiger partial charge in [-0.15, -0.1) is 0 Å². The van der Waals surface area contributed by atoms with Crippen LogP contribution in [0.4, 0.5) is 63.1 Å². The topological polar surface area (TPSA) is 365 Å². The van der Waals surface area contributed by atoms with Crippen molar-refractivity contribution in [2.24, 2.45) is 0 Å². The van der Waals surface area contributed by atoms with Crippen LogP contribution < -0.4 is 69.1 Å². The summed E-state index contributed by atoms with van der Waals surface area (Å²) in [5, 5.41) is 33.7. The van der Waals surface area contributed by atoms with Crippen molar-refractivity contribution in [1.82, 2.24) is 82.3 Å². The van der Waals surface area contributed by atoms with E-state index in [1.54, 1.807) is 60.2 Å². The Morgan fingerprint density at radius 2 is 0.736 bits per heavy atom. The molecule has 0 bridgehead atoms. The molecule has 19 heterocycles. The smallest absolute Gasteiger partial charge is 0.219 e. The van der Waals surface area contributed by atoms with Gasteiger partial charge in [-0.3, -0.25) is 4.79 Å². The molecular formula is C105H114N24O11. The number of aromatic nitrogens is 16. The summed E-state index contributed by atoms with van der Waals surface area (Å²) in [6.07, 6.45) is 41.5. The van der Waals surface area contributed by atoms with Crippen LogP contribution in [0, 0.1) is 0 Å². The van der Waals surface area contributed by atoms with Crippen molar-refractivity contribution in [2.45, 2.75) is 122 Å². The van der Waals surface area contributed by atoms with Crippen molar-refractivity contribution in [1.29, 1.82) is 0 Å². The number of imidazole rings is 4. The molecule has 12 aromatic heterocycles. The minimum atomic E-state index is -0.599. The first-order valence-electron chi connectivity index (χ1n) is 47.8. The summed E-state index contributed by atoms with van der Waals surface area (Å²) in [5.74, 6) is 7.99. The number of fused-ring (bicyclic) bond motifs is 8. The molecule has 140 heavy (non-hydrogen) atoms. The lowest BCUT2D eigenvalue weighted by molar-refractivity contribution is -0.129. The zero-order chi connectivity index (χ0) is 96.0. The number of methoxy groups -OCH3 is 4. The molecule has 0 saturated carbocycles. The number of ether oxygens (including phenoxy) is 8. The number of nitrogens with zero attached hydrogens (tertiary/aromatic N) is 20. The van der Waals surface area contributed by atoms with E-state index in [1.807, 2.05) is 178 Å². The zero-order valence-corrected chi connectivity index (χ0v) is 79.8. The summed E-state index contributed by atoms with van der Waals surface area (Å²) in [4.78, 5) is 76.1. The summed E-state index contributed by atoms with van der Waals surface area (Å²) >= 11 is 0. The quantitative estimate of drug-likeness (QED) is 0.0389. The maximum absolute atomic E-state index is 11.7. The number of benzene rings is 4. The first-order valence-corrected chi connectivity index (χ1v) is 47.8. The van der Waals surface area contributed by atoms with Crippen molar-refractivity contribution < 1.29 is 52.9 Å². The Kier molecular flexibility index (Phi) is 26.8. The number of amides is 1. The third kappa shape index (κ3) is 20.3. The predicted molar refractivity (Wildman–Crippen MR) is 538 cm³/mol. The molecule has 16 aromatic rings. The second-order valence-corrected chi connectivity index (χ2v) is 36.8. The van der Waals surface area contributed by atoms with Gasteiger partial charge in [-0.25, -0.2) is 59.8 Å². The summed E-state index contributed by atoms with van der Waals surface area (Å²) < 4.78 is 53.3. The Morgan fingerprint density at radius 3 is 1.05 bits per heavy atom. The molecule has 0 aliphatic carbocycles. The van der Waals surface area contributed by atoms with E-state index in [1.165, 1.54) is 0 Å². The molecule has 1 amide bonds. The molecule has 0 unspecified atom stereocenters. The highest BCUT2D eigenvalue weighted by molar-refractivity contribution is 5.82. The van der Waals surface area contributed by atoms with Gasteiger partial charge in [0.2, 0.25) is 29.4 Å². The fraction of sp³-hybridized carbons (Fsp3) is 0.343. The Hall–Kier alpha value is -15.5. The molecule has 6 N–H and O–H groups in total. The number of aliphatic hydroxyl groups is 2. The van der Waals surface area contributed by atoms with Gasteiger partial charge in [0.15, 0.2) is 45.9 Å². The maximum Gasteiger partial charge on any atom is 0.219 e. The molecule has 35 nitrogen and oxygen atoms in total. The van der Waals surface area contributed by atoms with Crippen LogP contribution in [-0.2, 0) is 40.6 Å². The third-order valence-electron chi connectivity index (χ3n) is 26.7. The van der Waals surface area contributed by atoms with Crippen LogP contribution >= 0.6 is 0 Å². The van der Waals surface area contributed by atoms with Gasteiger partial charge in [0, 0.05) is 256 Å². The molecular weight excluding hydrogens is 1770 g/mol. The van der Waals surface area contributed by atoms with Crippen molar-refractivity contribution in [3.05, 3.63) is 230 Å². The normalized spacial score (nSPS) is 15.5. The molecule has 0 radical (unpaired) electrons.